The highest BCUT2D eigenvalue weighted by Crippen LogP contribution is 2.18. The van der Waals surface area contributed by atoms with Gasteiger partial charge in [0.05, 0.1) is 19.1 Å². The molecule has 134 valence electrons. The van der Waals surface area contributed by atoms with Crippen LogP contribution in [0.4, 0.5) is 10.1 Å². The highest BCUT2D eigenvalue weighted by molar-refractivity contribution is 6.39. The van der Waals surface area contributed by atoms with E-state index in [1.807, 2.05) is 6.07 Å². The lowest BCUT2D eigenvalue weighted by atomic mass is 10.1. The van der Waals surface area contributed by atoms with E-state index < -0.39 is 17.6 Å². The largest absolute Gasteiger partial charge is 0.491 e. The highest BCUT2D eigenvalue weighted by atomic mass is 19.1. The Hall–Kier alpha value is -3.40. The van der Waals surface area contributed by atoms with Crippen LogP contribution in [-0.4, -0.2) is 18.4 Å². The molecule has 2 rings (SSSR count). The third kappa shape index (κ3) is 5.31. The number of anilines is 1. The van der Waals surface area contributed by atoms with Crippen LogP contribution in [0.2, 0.25) is 0 Å². The normalized spacial score (nSPS) is 9.88. The molecule has 2 N–H and O–H groups in total. The predicted molar refractivity (Wildman–Crippen MR) is 93.8 cm³/mol. The van der Waals surface area contributed by atoms with E-state index in [-0.39, 0.29) is 18.7 Å². The van der Waals surface area contributed by atoms with Gasteiger partial charge in [0.15, 0.2) is 11.6 Å². The van der Waals surface area contributed by atoms with Gasteiger partial charge in [-0.3, -0.25) is 9.59 Å². The number of rotatable bonds is 6. The van der Waals surface area contributed by atoms with Gasteiger partial charge < -0.3 is 15.4 Å². The van der Waals surface area contributed by atoms with Gasteiger partial charge in [0.2, 0.25) is 0 Å². The Bertz CT molecular complexity index is 829. The molecule has 0 heterocycles. The molecule has 0 aliphatic rings. The van der Waals surface area contributed by atoms with E-state index in [0.29, 0.717) is 17.9 Å². The average Bonchev–Trinajstić information content (AvgIpc) is 2.63. The molecular weight excluding hydrogens is 337 g/mol. The van der Waals surface area contributed by atoms with Crippen LogP contribution in [0, 0.1) is 17.1 Å². The summed E-state index contributed by atoms with van der Waals surface area (Å²) in [6.45, 7) is 2.12. The SMILES string of the molecule is CCOc1ccc(CNC(=O)C(=O)Nc2ccc(CC#N)cc2)cc1F. The summed E-state index contributed by atoms with van der Waals surface area (Å²) < 4.78 is 18.9. The Morgan fingerprint density at radius 1 is 1.12 bits per heavy atom. The van der Waals surface area contributed by atoms with Gasteiger partial charge in [-0.15, -0.1) is 0 Å². The Morgan fingerprint density at radius 2 is 1.81 bits per heavy atom. The van der Waals surface area contributed by atoms with E-state index in [2.05, 4.69) is 10.6 Å². The smallest absolute Gasteiger partial charge is 0.313 e. The first kappa shape index (κ1) is 18.9. The van der Waals surface area contributed by atoms with E-state index in [9.17, 15) is 14.0 Å². The maximum atomic E-state index is 13.8. The lowest BCUT2D eigenvalue weighted by Crippen LogP contribution is -2.34. The lowest BCUT2D eigenvalue weighted by Gasteiger charge is -2.09. The topological polar surface area (TPSA) is 91.2 Å². The fourth-order valence-electron chi connectivity index (χ4n) is 2.17. The van der Waals surface area contributed by atoms with Crippen LogP contribution in [0.25, 0.3) is 0 Å². The number of ether oxygens (including phenoxy) is 1. The number of hydrogen-bond donors (Lipinski definition) is 2. The number of amides is 2. The summed E-state index contributed by atoms with van der Waals surface area (Å²) >= 11 is 0. The summed E-state index contributed by atoms with van der Waals surface area (Å²) in [5.41, 5.74) is 1.76. The van der Waals surface area contributed by atoms with Crippen LogP contribution >= 0.6 is 0 Å². The molecule has 0 saturated heterocycles. The quantitative estimate of drug-likeness (QED) is 0.779. The van der Waals surface area contributed by atoms with E-state index in [1.54, 1.807) is 37.3 Å². The zero-order valence-corrected chi connectivity index (χ0v) is 14.2. The Labute approximate surface area is 150 Å². The molecule has 0 unspecified atom stereocenters. The van der Waals surface area contributed by atoms with Crippen LogP contribution in [0.15, 0.2) is 42.5 Å². The standard InChI is InChI=1S/C19H18FN3O3/c1-2-26-17-8-5-14(11-16(17)20)12-22-18(24)19(25)23-15-6-3-13(4-7-15)9-10-21/h3-8,11H,2,9,12H2,1H3,(H,22,24)(H,23,25). The van der Waals surface area contributed by atoms with Crippen molar-refractivity contribution < 1.29 is 18.7 Å². The zero-order chi connectivity index (χ0) is 18.9. The van der Waals surface area contributed by atoms with E-state index in [1.165, 1.54) is 12.1 Å². The fourth-order valence-corrected chi connectivity index (χ4v) is 2.17. The van der Waals surface area contributed by atoms with Crippen LogP contribution < -0.4 is 15.4 Å². The molecule has 0 aliphatic heterocycles. The van der Waals surface area contributed by atoms with Crippen molar-refractivity contribution >= 4 is 17.5 Å². The van der Waals surface area contributed by atoms with Gasteiger partial charge in [0, 0.05) is 12.2 Å². The number of nitrogens with one attached hydrogen (secondary N) is 2. The number of hydrogen-bond acceptors (Lipinski definition) is 4. The van der Waals surface area contributed by atoms with Crippen LogP contribution in [-0.2, 0) is 22.6 Å². The molecule has 2 aromatic carbocycles. The predicted octanol–water partition coefficient (Wildman–Crippen LogP) is 2.55. The molecule has 2 aromatic rings. The fraction of sp³-hybridized carbons (Fsp3) is 0.211. The number of carbonyl (C=O) groups excluding carboxylic acids is 2. The molecule has 26 heavy (non-hydrogen) atoms. The Kier molecular flexibility index (Phi) is 6.68. The summed E-state index contributed by atoms with van der Waals surface area (Å²) in [4.78, 5) is 23.7. The first-order valence-corrected chi connectivity index (χ1v) is 7.99. The van der Waals surface area contributed by atoms with Crippen molar-refractivity contribution in [3.05, 3.63) is 59.4 Å². The number of nitrogens with zero attached hydrogens (tertiary/aromatic N) is 1. The van der Waals surface area contributed by atoms with Crippen molar-refractivity contribution in [2.45, 2.75) is 19.9 Å². The van der Waals surface area contributed by atoms with Gasteiger partial charge in [0.25, 0.3) is 0 Å². The molecule has 0 aromatic heterocycles. The van der Waals surface area contributed by atoms with Crippen molar-refractivity contribution in [2.75, 3.05) is 11.9 Å². The van der Waals surface area contributed by atoms with Gasteiger partial charge in [0.1, 0.15) is 0 Å². The molecule has 0 spiro atoms. The highest BCUT2D eigenvalue weighted by Gasteiger charge is 2.14. The summed E-state index contributed by atoms with van der Waals surface area (Å²) in [5, 5.41) is 13.5. The van der Waals surface area contributed by atoms with Gasteiger partial charge >= 0.3 is 11.8 Å². The van der Waals surface area contributed by atoms with Gasteiger partial charge in [-0.1, -0.05) is 18.2 Å². The van der Waals surface area contributed by atoms with E-state index >= 15 is 0 Å². The molecule has 7 heteroatoms. The van der Waals surface area contributed by atoms with Gasteiger partial charge in [-0.2, -0.15) is 5.26 Å². The molecule has 0 bridgehead atoms. The number of nitriles is 1. The molecular formula is C19H18FN3O3. The van der Waals surface area contributed by atoms with Crippen molar-refractivity contribution in [2.24, 2.45) is 0 Å². The first-order chi connectivity index (χ1) is 12.5. The van der Waals surface area contributed by atoms with E-state index in [4.69, 9.17) is 10.00 Å². The summed E-state index contributed by atoms with van der Waals surface area (Å²) in [6, 6.07) is 13.0. The molecule has 0 atom stereocenters. The lowest BCUT2D eigenvalue weighted by molar-refractivity contribution is -0.136. The van der Waals surface area contributed by atoms with Crippen molar-refractivity contribution in [3.63, 3.8) is 0 Å². The van der Waals surface area contributed by atoms with Crippen LogP contribution in [0.1, 0.15) is 18.1 Å². The van der Waals surface area contributed by atoms with Gasteiger partial charge in [-0.25, -0.2) is 4.39 Å². The minimum Gasteiger partial charge on any atom is -0.491 e. The maximum Gasteiger partial charge on any atom is 0.313 e. The van der Waals surface area contributed by atoms with Crippen molar-refractivity contribution in [1.29, 1.82) is 5.26 Å². The third-order valence-corrected chi connectivity index (χ3v) is 3.45. The molecule has 0 radical (unpaired) electrons. The van der Waals surface area contributed by atoms with Gasteiger partial charge in [-0.05, 0) is 42.3 Å². The molecule has 6 nitrogen and oxygen atoms in total. The second-order valence-corrected chi connectivity index (χ2v) is 5.37. The Balaban J connectivity index is 1.88. The number of carbonyl (C=O) groups is 2. The maximum absolute atomic E-state index is 13.8. The number of benzene rings is 2. The monoisotopic (exact) mass is 355 g/mol. The number of halogens is 1. The second-order valence-electron chi connectivity index (χ2n) is 5.37. The molecule has 0 saturated carbocycles. The first-order valence-electron chi connectivity index (χ1n) is 7.99. The second kappa shape index (κ2) is 9.18. The average molecular weight is 355 g/mol. The van der Waals surface area contributed by atoms with E-state index in [0.717, 1.165) is 5.56 Å². The molecule has 0 fully saturated rings. The minimum atomic E-state index is -0.833. The molecule has 2 amide bonds. The van der Waals surface area contributed by atoms with Crippen LogP contribution in [0.5, 0.6) is 5.75 Å². The van der Waals surface area contributed by atoms with Crippen molar-refractivity contribution in [1.82, 2.24) is 5.32 Å². The molecule has 0 aliphatic carbocycles. The van der Waals surface area contributed by atoms with Crippen molar-refractivity contribution in [3.8, 4) is 11.8 Å². The Morgan fingerprint density at radius 3 is 2.42 bits per heavy atom. The van der Waals surface area contributed by atoms with Crippen LogP contribution in [0.3, 0.4) is 0 Å². The third-order valence-electron chi connectivity index (χ3n) is 3.45. The summed E-state index contributed by atoms with van der Waals surface area (Å²) in [7, 11) is 0. The summed E-state index contributed by atoms with van der Waals surface area (Å²) in [6.07, 6.45) is 0.271. The zero-order valence-electron chi connectivity index (χ0n) is 14.2. The summed E-state index contributed by atoms with van der Waals surface area (Å²) in [5.74, 6) is -2.05. The minimum absolute atomic E-state index is 0.0106.